The van der Waals surface area contributed by atoms with E-state index in [1.165, 1.54) is 18.4 Å². The van der Waals surface area contributed by atoms with E-state index in [2.05, 4.69) is 21.5 Å². The van der Waals surface area contributed by atoms with Crippen molar-refractivity contribution in [1.29, 1.82) is 0 Å². The Morgan fingerprint density at radius 1 is 1.28 bits per heavy atom. The van der Waals surface area contributed by atoms with Crippen LogP contribution < -0.4 is 10.1 Å². The van der Waals surface area contributed by atoms with Gasteiger partial charge < -0.3 is 14.6 Å². The van der Waals surface area contributed by atoms with E-state index in [1.54, 1.807) is 18.4 Å². The summed E-state index contributed by atoms with van der Waals surface area (Å²) in [6.07, 6.45) is 5.21. The molecule has 1 saturated carbocycles. The van der Waals surface area contributed by atoms with Gasteiger partial charge in [0.1, 0.15) is 5.75 Å². The summed E-state index contributed by atoms with van der Waals surface area (Å²) in [7, 11) is 1.70. The first-order valence-electron chi connectivity index (χ1n) is 9.95. The van der Waals surface area contributed by atoms with Gasteiger partial charge in [0.05, 0.1) is 7.11 Å². The predicted octanol–water partition coefficient (Wildman–Crippen LogP) is 4.37. The Balaban J connectivity index is 1.36. The zero-order valence-electron chi connectivity index (χ0n) is 16.5. The van der Waals surface area contributed by atoms with E-state index >= 15 is 0 Å². The van der Waals surface area contributed by atoms with Crippen LogP contribution in [0, 0.1) is 0 Å². The van der Waals surface area contributed by atoms with Gasteiger partial charge in [-0.2, -0.15) is 16.3 Å². The molecule has 1 N–H and O–H groups in total. The van der Waals surface area contributed by atoms with Gasteiger partial charge in [0.25, 0.3) is 0 Å². The number of thiophene rings is 1. The third-order valence-electron chi connectivity index (χ3n) is 5.68. The molecule has 0 bridgehead atoms. The second-order valence-corrected chi connectivity index (χ2v) is 8.27. The fraction of sp³-hybridized carbons (Fsp3) is 0.409. The Hall–Kier alpha value is -2.67. The van der Waals surface area contributed by atoms with Gasteiger partial charge in [-0.05, 0) is 30.4 Å². The Morgan fingerprint density at radius 3 is 2.86 bits per heavy atom. The molecule has 1 aromatic carbocycles. The van der Waals surface area contributed by atoms with Crippen LogP contribution in [0.15, 0.2) is 45.6 Å². The summed E-state index contributed by atoms with van der Waals surface area (Å²) in [5.74, 6) is 1.96. The summed E-state index contributed by atoms with van der Waals surface area (Å²) in [6.45, 7) is 0.621. The lowest BCUT2D eigenvalue weighted by Gasteiger charge is -2.31. The van der Waals surface area contributed by atoms with Crippen LogP contribution in [-0.2, 0) is 16.6 Å². The minimum absolute atomic E-state index is 0.00135. The van der Waals surface area contributed by atoms with Gasteiger partial charge in [0, 0.05) is 41.3 Å². The van der Waals surface area contributed by atoms with Gasteiger partial charge in [0.15, 0.2) is 0 Å². The van der Waals surface area contributed by atoms with Crippen molar-refractivity contribution in [2.45, 2.75) is 43.9 Å². The number of para-hydroxylation sites is 1. The molecule has 2 heterocycles. The summed E-state index contributed by atoms with van der Waals surface area (Å²) < 4.78 is 10.9. The topological polar surface area (TPSA) is 77.2 Å². The molecular weight excluding hydrogens is 386 g/mol. The lowest BCUT2D eigenvalue weighted by Crippen LogP contribution is -2.39. The van der Waals surface area contributed by atoms with Crippen LogP contribution >= 0.6 is 11.3 Å². The molecule has 0 aliphatic heterocycles. The van der Waals surface area contributed by atoms with E-state index in [0.29, 0.717) is 31.1 Å². The maximum atomic E-state index is 12.5. The molecule has 4 rings (SSSR count). The predicted molar refractivity (Wildman–Crippen MR) is 112 cm³/mol. The average Bonchev–Trinajstić information content (AvgIpc) is 3.52. The average molecular weight is 412 g/mol. The Labute approximate surface area is 174 Å². The number of nitrogens with one attached hydrogen (secondary N) is 1. The SMILES string of the molecule is COc1ccccc1C1(CNC(=O)CCc2nc(-c3ccsc3)no2)CCCC1. The molecule has 0 unspecified atom stereocenters. The van der Waals surface area contributed by atoms with Crippen molar-refractivity contribution >= 4 is 17.2 Å². The Morgan fingerprint density at radius 2 is 2.10 bits per heavy atom. The Bertz CT molecular complexity index is 946. The highest BCUT2D eigenvalue weighted by Crippen LogP contribution is 2.44. The number of aromatic nitrogens is 2. The molecule has 1 aliphatic rings. The van der Waals surface area contributed by atoms with E-state index in [1.807, 2.05) is 35.0 Å². The summed E-state index contributed by atoms with van der Waals surface area (Å²) in [5, 5.41) is 11.1. The molecule has 6 nitrogen and oxygen atoms in total. The zero-order valence-corrected chi connectivity index (χ0v) is 17.3. The van der Waals surface area contributed by atoms with Crippen LogP contribution in [0.2, 0.25) is 0 Å². The third kappa shape index (κ3) is 4.34. The van der Waals surface area contributed by atoms with Crippen LogP contribution in [0.1, 0.15) is 43.6 Å². The fourth-order valence-corrected chi connectivity index (χ4v) is 4.75. The maximum absolute atomic E-state index is 12.5. The number of methoxy groups -OCH3 is 1. The van der Waals surface area contributed by atoms with Crippen molar-refractivity contribution in [2.75, 3.05) is 13.7 Å². The summed E-state index contributed by atoms with van der Waals surface area (Å²) in [4.78, 5) is 16.9. The summed E-state index contributed by atoms with van der Waals surface area (Å²) >= 11 is 1.59. The second-order valence-electron chi connectivity index (χ2n) is 7.49. The van der Waals surface area contributed by atoms with Crippen LogP contribution in [0.4, 0.5) is 0 Å². The number of aryl methyl sites for hydroxylation is 1. The molecule has 1 aliphatic carbocycles. The highest BCUT2D eigenvalue weighted by Gasteiger charge is 2.37. The minimum atomic E-state index is -0.0567. The number of carbonyl (C=O) groups is 1. The number of carbonyl (C=O) groups excluding carboxylic acids is 1. The monoisotopic (exact) mass is 411 g/mol. The smallest absolute Gasteiger partial charge is 0.227 e. The number of hydrogen-bond donors (Lipinski definition) is 1. The van der Waals surface area contributed by atoms with Gasteiger partial charge in [0.2, 0.25) is 17.6 Å². The van der Waals surface area contributed by atoms with Crippen molar-refractivity contribution in [2.24, 2.45) is 0 Å². The number of hydrogen-bond acceptors (Lipinski definition) is 6. The molecule has 2 aromatic heterocycles. The lowest BCUT2D eigenvalue weighted by atomic mass is 9.78. The quantitative estimate of drug-likeness (QED) is 0.596. The third-order valence-corrected chi connectivity index (χ3v) is 6.36. The molecule has 0 saturated heterocycles. The summed E-state index contributed by atoms with van der Waals surface area (Å²) in [6, 6.07) is 10.1. The Kier molecular flexibility index (Phi) is 5.94. The number of nitrogens with zero attached hydrogens (tertiary/aromatic N) is 2. The van der Waals surface area contributed by atoms with E-state index in [-0.39, 0.29) is 11.3 Å². The van der Waals surface area contributed by atoms with Crippen molar-refractivity contribution in [3.05, 3.63) is 52.5 Å². The molecule has 7 heteroatoms. The van der Waals surface area contributed by atoms with Gasteiger partial charge >= 0.3 is 0 Å². The van der Waals surface area contributed by atoms with Gasteiger partial charge in [-0.1, -0.05) is 36.2 Å². The standard InChI is InChI=1S/C22H25N3O3S/c1-27-18-7-3-2-6-17(18)22(11-4-5-12-22)15-23-19(26)8-9-20-24-21(25-28-20)16-10-13-29-14-16/h2-3,6-7,10,13-14H,4-5,8-9,11-12,15H2,1H3,(H,23,26). The van der Waals surface area contributed by atoms with Crippen LogP contribution in [0.25, 0.3) is 11.4 Å². The van der Waals surface area contributed by atoms with E-state index in [4.69, 9.17) is 9.26 Å². The lowest BCUT2D eigenvalue weighted by molar-refractivity contribution is -0.121. The largest absolute Gasteiger partial charge is 0.496 e. The van der Waals surface area contributed by atoms with E-state index in [9.17, 15) is 4.79 Å². The number of ether oxygens (including phenoxy) is 1. The molecule has 0 radical (unpaired) electrons. The molecule has 3 aromatic rings. The van der Waals surface area contributed by atoms with Crippen molar-refractivity contribution in [3.8, 4) is 17.1 Å². The van der Waals surface area contributed by atoms with E-state index in [0.717, 1.165) is 24.2 Å². The van der Waals surface area contributed by atoms with Crippen LogP contribution in [0.5, 0.6) is 5.75 Å². The van der Waals surface area contributed by atoms with Crippen LogP contribution in [0.3, 0.4) is 0 Å². The number of benzene rings is 1. The molecular formula is C22H25N3O3S. The van der Waals surface area contributed by atoms with E-state index < -0.39 is 0 Å². The minimum Gasteiger partial charge on any atom is -0.496 e. The first-order chi connectivity index (χ1) is 14.2. The second kappa shape index (κ2) is 8.78. The van der Waals surface area contributed by atoms with Gasteiger partial charge in [-0.15, -0.1) is 0 Å². The van der Waals surface area contributed by atoms with Crippen LogP contribution in [-0.4, -0.2) is 29.7 Å². The molecule has 152 valence electrons. The number of amides is 1. The van der Waals surface area contributed by atoms with Crippen molar-refractivity contribution in [1.82, 2.24) is 15.5 Å². The highest BCUT2D eigenvalue weighted by molar-refractivity contribution is 7.08. The first kappa shape index (κ1) is 19.6. The molecule has 29 heavy (non-hydrogen) atoms. The molecule has 1 fully saturated rings. The van der Waals surface area contributed by atoms with Gasteiger partial charge in [-0.3, -0.25) is 4.79 Å². The van der Waals surface area contributed by atoms with Gasteiger partial charge in [-0.25, -0.2) is 0 Å². The normalized spacial score (nSPS) is 15.3. The molecule has 0 spiro atoms. The fourth-order valence-electron chi connectivity index (χ4n) is 4.12. The molecule has 1 amide bonds. The summed E-state index contributed by atoms with van der Waals surface area (Å²) in [5.41, 5.74) is 2.07. The highest BCUT2D eigenvalue weighted by atomic mass is 32.1. The van der Waals surface area contributed by atoms with Crippen molar-refractivity contribution in [3.63, 3.8) is 0 Å². The number of rotatable bonds is 8. The first-order valence-corrected chi connectivity index (χ1v) is 10.9. The maximum Gasteiger partial charge on any atom is 0.227 e. The molecule has 0 atom stereocenters. The van der Waals surface area contributed by atoms with Crippen molar-refractivity contribution < 1.29 is 14.1 Å². The zero-order chi connectivity index (χ0) is 20.1.